The van der Waals surface area contributed by atoms with Gasteiger partial charge in [0.25, 0.3) is 0 Å². The molecule has 5 heteroatoms. The number of ketones is 1. The SMILES string of the molecule is CC(=O)C[C@@H](c1ccccc1)c1c(O)c2cccc(OCc3ccccc3)c2oc1=O. The minimum absolute atomic E-state index is 0.0779. The molecule has 0 aliphatic heterocycles. The Bertz CT molecular complexity index is 1260. The second-order valence-corrected chi connectivity index (χ2v) is 7.43. The molecule has 0 saturated carbocycles. The number of carbonyl (C=O) groups is 1. The molecule has 0 amide bonds. The highest BCUT2D eigenvalue weighted by Crippen LogP contribution is 2.38. The number of rotatable bonds is 7. The van der Waals surface area contributed by atoms with Gasteiger partial charge in [0.2, 0.25) is 0 Å². The van der Waals surface area contributed by atoms with Crippen molar-refractivity contribution in [2.24, 2.45) is 0 Å². The third-order valence-corrected chi connectivity index (χ3v) is 5.18. The van der Waals surface area contributed by atoms with Crippen LogP contribution >= 0.6 is 0 Å². The van der Waals surface area contributed by atoms with E-state index in [4.69, 9.17) is 9.15 Å². The van der Waals surface area contributed by atoms with Gasteiger partial charge < -0.3 is 14.3 Å². The summed E-state index contributed by atoms with van der Waals surface area (Å²) < 4.78 is 11.5. The summed E-state index contributed by atoms with van der Waals surface area (Å²) in [5.74, 6) is -0.518. The number of benzene rings is 3. The van der Waals surface area contributed by atoms with Crippen molar-refractivity contribution in [3.05, 3.63) is 106 Å². The van der Waals surface area contributed by atoms with E-state index in [2.05, 4.69) is 0 Å². The summed E-state index contributed by atoms with van der Waals surface area (Å²) in [7, 11) is 0. The van der Waals surface area contributed by atoms with Crippen molar-refractivity contribution in [2.75, 3.05) is 0 Å². The van der Waals surface area contributed by atoms with E-state index >= 15 is 0 Å². The molecule has 1 heterocycles. The molecule has 0 aliphatic carbocycles. The van der Waals surface area contributed by atoms with Crippen LogP contribution < -0.4 is 10.4 Å². The third kappa shape index (κ3) is 4.36. The summed E-state index contributed by atoms with van der Waals surface area (Å²) in [6.07, 6.45) is 0.0814. The molecule has 0 aliphatic rings. The zero-order valence-electron chi connectivity index (χ0n) is 17.1. The number of carbonyl (C=O) groups excluding carboxylic acids is 1. The van der Waals surface area contributed by atoms with Crippen molar-refractivity contribution < 1.29 is 19.1 Å². The highest BCUT2D eigenvalue weighted by molar-refractivity contribution is 5.89. The Balaban J connectivity index is 1.79. The van der Waals surface area contributed by atoms with E-state index in [1.165, 1.54) is 6.92 Å². The Morgan fingerprint density at radius 1 is 0.968 bits per heavy atom. The Kier molecular flexibility index (Phi) is 5.85. The zero-order chi connectivity index (χ0) is 21.8. The molecule has 0 fully saturated rings. The van der Waals surface area contributed by atoms with Crippen LogP contribution in [0.3, 0.4) is 0 Å². The van der Waals surface area contributed by atoms with Crippen molar-refractivity contribution in [3.63, 3.8) is 0 Å². The molecular formula is C26H22O5. The van der Waals surface area contributed by atoms with Gasteiger partial charge in [0, 0.05) is 12.3 Å². The maximum Gasteiger partial charge on any atom is 0.343 e. The van der Waals surface area contributed by atoms with E-state index in [-0.39, 0.29) is 29.1 Å². The Morgan fingerprint density at radius 3 is 2.32 bits per heavy atom. The lowest BCUT2D eigenvalue weighted by Gasteiger charge is -2.18. The van der Waals surface area contributed by atoms with E-state index in [1.54, 1.807) is 18.2 Å². The topological polar surface area (TPSA) is 76.7 Å². The van der Waals surface area contributed by atoms with E-state index < -0.39 is 11.5 Å². The van der Waals surface area contributed by atoms with Gasteiger partial charge in [-0.3, -0.25) is 4.79 Å². The summed E-state index contributed by atoms with van der Waals surface area (Å²) in [5.41, 5.74) is 1.30. The highest BCUT2D eigenvalue weighted by atomic mass is 16.5. The van der Waals surface area contributed by atoms with Crippen molar-refractivity contribution in [1.82, 2.24) is 0 Å². The number of Topliss-reactive ketones (excluding diaryl/α,β-unsaturated/α-hetero) is 1. The normalized spacial score (nSPS) is 11.9. The van der Waals surface area contributed by atoms with Gasteiger partial charge in [0.15, 0.2) is 11.3 Å². The van der Waals surface area contributed by atoms with Gasteiger partial charge >= 0.3 is 5.63 Å². The fraction of sp³-hybridized carbons (Fsp3) is 0.154. The van der Waals surface area contributed by atoms with Gasteiger partial charge in [0.05, 0.1) is 10.9 Å². The van der Waals surface area contributed by atoms with Crippen LogP contribution in [0.5, 0.6) is 11.5 Å². The van der Waals surface area contributed by atoms with Gasteiger partial charge in [-0.25, -0.2) is 4.79 Å². The molecule has 1 aromatic heterocycles. The Morgan fingerprint density at radius 2 is 1.65 bits per heavy atom. The van der Waals surface area contributed by atoms with Crippen LogP contribution in [0.2, 0.25) is 0 Å². The standard InChI is InChI=1S/C26H22O5/c1-17(27)15-21(19-11-6-3-7-12-19)23-24(28)20-13-8-14-22(25(20)31-26(23)29)30-16-18-9-4-2-5-10-18/h2-14,21,28H,15-16H2,1H3/t21-/m0/s1. The quantitative estimate of drug-likeness (QED) is 0.421. The highest BCUT2D eigenvalue weighted by Gasteiger charge is 2.26. The van der Waals surface area contributed by atoms with Gasteiger partial charge in [-0.05, 0) is 30.2 Å². The van der Waals surface area contributed by atoms with E-state index in [0.717, 1.165) is 11.1 Å². The summed E-state index contributed by atoms with van der Waals surface area (Å²) >= 11 is 0. The number of para-hydroxylation sites is 1. The molecule has 1 N–H and O–H groups in total. The second-order valence-electron chi connectivity index (χ2n) is 7.43. The maximum absolute atomic E-state index is 13.0. The monoisotopic (exact) mass is 414 g/mol. The third-order valence-electron chi connectivity index (χ3n) is 5.18. The molecule has 156 valence electrons. The number of ether oxygens (including phenoxy) is 1. The molecule has 3 aromatic carbocycles. The van der Waals surface area contributed by atoms with Crippen LogP contribution in [0.4, 0.5) is 0 Å². The predicted octanol–water partition coefficient (Wildman–Crippen LogP) is 5.19. The second kappa shape index (κ2) is 8.88. The summed E-state index contributed by atoms with van der Waals surface area (Å²) in [5, 5.41) is 11.4. The molecule has 1 atom stereocenters. The van der Waals surface area contributed by atoms with Crippen molar-refractivity contribution in [2.45, 2.75) is 25.9 Å². The number of aromatic hydroxyl groups is 1. The van der Waals surface area contributed by atoms with Crippen LogP contribution in [-0.4, -0.2) is 10.9 Å². The number of hydrogen-bond donors (Lipinski definition) is 1. The van der Waals surface area contributed by atoms with Crippen LogP contribution in [0.1, 0.15) is 36.0 Å². The van der Waals surface area contributed by atoms with Crippen molar-refractivity contribution in [3.8, 4) is 11.5 Å². The molecule has 0 bridgehead atoms. The molecule has 0 unspecified atom stereocenters. The van der Waals surface area contributed by atoms with Gasteiger partial charge in [0.1, 0.15) is 18.1 Å². The molecule has 0 saturated heterocycles. The fourth-order valence-electron chi connectivity index (χ4n) is 3.71. The fourth-order valence-corrected chi connectivity index (χ4v) is 3.71. The van der Waals surface area contributed by atoms with Gasteiger partial charge in [-0.1, -0.05) is 66.7 Å². The van der Waals surface area contributed by atoms with Crippen molar-refractivity contribution in [1.29, 1.82) is 0 Å². The Labute approximate surface area is 179 Å². The summed E-state index contributed by atoms with van der Waals surface area (Å²) in [4.78, 5) is 24.9. The van der Waals surface area contributed by atoms with Crippen LogP contribution in [0.15, 0.2) is 88.1 Å². The smallest absolute Gasteiger partial charge is 0.343 e. The maximum atomic E-state index is 13.0. The summed E-state index contributed by atoms with van der Waals surface area (Å²) in [6.45, 7) is 1.76. The largest absolute Gasteiger partial charge is 0.507 e. The van der Waals surface area contributed by atoms with Gasteiger partial charge in [-0.15, -0.1) is 0 Å². The van der Waals surface area contributed by atoms with Gasteiger partial charge in [-0.2, -0.15) is 0 Å². The average molecular weight is 414 g/mol. The number of hydrogen-bond acceptors (Lipinski definition) is 5. The molecular weight excluding hydrogens is 392 g/mol. The molecule has 0 spiro atoms. The van der Waals surface area contributed by atoms with Crippen LogP contribution in [-0.2, 0) is 11.4 Å². The molecule has 0 radical (unpaired) electrons. The molecule has 5 nitrogen and oxygen atoms in total. The van der Waals surface area contributed by atoms with Crippen LogP contribution in [0.25, 0.3) is 11.0 Å². The molecule has 31 heavy (non-hydrogen) atoms. The lowest BCUT2D eigenvalue weighted by molar-refractivity contribution is -0.117. The predicted molar refractivity (Wildman–Crippen MR) is 119 cm³/mol. The molecule has 4 aromatic rings. The lowest BCUT2D eigenvalue weighted by atomic mass is 9.87. The minimum atomic E-state index is -0.684. The van der Waals surface area contributed by atoms with Crippen molar-refractivity contribution >= 4 is 16.8 Å². The zero-order valence-corrected chi connectivity index (χ0v) is 17.1. The molecule has 4 rings (SSSR count). The first-order valence-corrected chi connectivity index (χ1v) is 10.0. The first-order chi connectivity index (χ1) is 15.0. The summed E-state index contributed by atoms with van der Waals surface area (Å²) in [6, 6.07) is 23.9. The lowest BCUT2D eigenvalue weighted by Crippen LogP contribution is -2.16. The van der Waals surface area contributed by atoms with E-state index in [1.807, 2.05) is 60.7 Å². The minimum Gasteiger partial charge on any atom is -0.507 e. The number of fused-ring (bicyclic) bond motifs is 1. The van der Waals surface area contributed by atoms with E-state index in [9.17, 15) is 14.7 Å². The van der Waals surface area contributed by atoms with E-state index in [0.29, 0.717) is 17.7 Å². The first-order valence-electron chi connectivity index (χ1n) is 10.0. The average Bonchev–Trinajstić information content (AvgIpc) is 2.78. The first kappa shape index (κ1) is 20.4. The Hall–Kier alpha value is -3.86. The van der Waals surface area contributed by atoms with Crippen LogP contribution in [0, 0.1) is 0 Å².